The predicted molar refractivity (Wildman–Crippen MR) is 98.2 cm³/mol. The first-order valence-electron chi connectivity index (χ1n) is 8.21. The van der Waals surface area contributed by atoms with Gasteiger partial charge in [0.05, 0.1) is 12.5 Å². The Kier molecular flexibility index (Phi) is 3.26. The molecule has 0 saturated heterocycles. The maximum Gasteiger partial charge on any atom is 0.182 e. The highest BCUT2D eigenvalue weighted by molar-refractivity contribution is 7.19. The van der Waals surface area contributed by atoms with E-state index < -0.39 is 0 Å². The molecule has 0 spiro atoms. The van der Waals surface area contributed by atoms with Crippen LogP contribution in [0.1, 0.15) is 10.4 Å². The summed E-state index contributed by atoms with van der Waals surface area (Å²) in [6.07, 6.45) is 2.80. The molecule has 0 unspecified atom stereocenters. The summed E-state index contributed by atoms with van der Waals surface area (Å²) in [6.45, 7) is 2.05. The molecule has 0 bridgehead atoms. The summed E-state index contributed by atoms with van der Waals surface area (Å²) in [6, 6.07) is 7.83. The van der Waals surface area contributed by atoms with Gasteiger partial charge in [-0.25, -0.2) is 14.5 Å². The zero-order valence-electron chi connectivity index (χ0n) is 14.1. The third-order valence-electron chi connectivity index (χ3n) is 4.70. The van der Waals surface area contributed by atoms with Crippen molar-refractivity contribution in [3.63, 3.8) is 0 Å². The van der Waals surface area contributed by atoms with E-state index in [9.17, 15) is 0 Å². The largest absolute Gasteiger partial charge is 0.497 e. The highest BCUT2D eigenvalue weighted by Crippen LogP contribution is 2.36. The molecule has 3 aromatic heterocycles. The molecule has 0 fully saturated rings. The van der Waals surface area contributed by atoms with Crippen molar-refractivity contribution >= 4 is 27.2 Å². The van der Waals surface area contributed by atoms with Gasteiger partial charge in [0.25, 0.3) is 0 Å². The molecule has 0 atom stereocenters. The number of ether oxygens (including phenoxy) is 1. The van der Waals surface area contributed by atoms with E-state index in [0.29, 0.717) is 5.82 Å². The Morgan fingerprint density at radius 2 is 2.20 bits per heavy atom. The van der Waals surface area contributed by atoms with Crippen LogP contribution in [0.3, 0.4) is 0 Å². The molecule has 126 valence electrons. The fourth-order valence-corrected chi connectivity index (χ4v) is 4.67. The Balaban J connectivity index is 1.72. The number of likely N-dealkylation sites (N-methyl/N-ethyl adjacent to an activating group) is 1. The number of rotatable bonds is 2. The van der Waals surface area contributed by atoms with Crippen molar-refractivity contribution in [2.24, 2.45) is 0 Å². The van der Waals surface area contributed by atoms with Crippen LogP contribution in [0.25, 0.3) is 27.3 Å². The van der Waals surface area contributed by atoms with Gasteiger partial charge in [-0.05, 0) is 31.2 Å². The first kappa shape index (κ1) is 14.8. The van der Waals surface area contributed by atoms with Crippen molar-refractivity contribution in [1.82, 2.24) is 24.5 Å². The van der Waals surface area contributed by atoms with Crippen molar-refractivity contribution in [3.05, 3.63) is 41.0 Å². The monoisotopic (exact) mass is 351 g/mol. The Bertz CT molecular complexity index is 1100. The van der Waals surface area contributed by atoms with Gasteiger partial charge in [0.15, 0.2) is 11.5 Å². The van der Waals surface area contributed by atoms with Crippen molar-refractivity contribution < 1.29 is 4.74 Å². The fourth-order valence-electron chi connectivity index (χ4n) is 3.40. The lowest BCUT2D eigenvalue weighted by molar-refractivity contribution is 0.318. The Morgan fingerprint density at radius 1 is 1.28 bits per heavy atom. The molecule has 4 aromatic rings. The van der Waals surface area contributed by atoms with Gasteiger partial charge in [-0.3, -0.25) is 0 Å². The normalized spacial score (nSPS) is 15.0. The van der Waals surface area contributed by atoms with Gasteiger partial charge in [-0.2, -0.15) is 0 Å². The minimum Gasteiger partial charge on any atom is -0.497 e. The van der Waals surface area contributed by atoms with Gasteiger partial charge >= 0.3 is 0 Å². The van der Waals surface area contributed by atoms with Gasteiger partial charge in [0.2, 0.25) is 0 Å². The molecular formula is C18H17N5OS. The van der Waals surface area contributed by atoms with Crippen LogP contribution in [-0.2, 0) is 13.0 Å². The molecular weight excluding hydrogens is 334 g/mol. The second-order valence-corrected chi connectivity index (χ2v) is 7.44. The van der Waals surface area contributed by atoms with Crippen LogP contribution in [0, 0.1) is 0 Å². The van der Waals surface area contributed by atoms with E-state index in [1.165, 1.54) is 10.4 Å². The van der Waals surface area contributed by atoms with E-state index in [1.54, 1.807) is 29.3 Å². The molecule has 0 N–H and O–H groups in total. The number of benzene rings is 1. The standard InChI is InChI=1S/C18H17N5OS/c1-22-7-6-13-14(9-22)25-18-15(13)17-20-16(21-23(17)10-19-18)11-4-3-5-12(8-11)24-2/h3-5,8,10H,6-7,9H2,1-2H3. The van der Waals surface area contributed by atoms with Crippen LogP contribution in [0.15, 0.2) is 30.6 Å². The SMILES string of the molecule is COc1cccc(-c2nc3c4c5c(sc4ncn3n2)CN(C)CC5)c1. The lowest BCUT2D eigenvalue weighted by Crippen LogP contribution is -2.25. The topological polar surface area (TPSA) is 55.6 Å². The average Bonchev–Trinajstić information content (AvgIpc) is 3.21. The van der Waals surface area contributed by atoms with Gasteiger partial charge in [-0.15, -0.1) is 16.4 Å². The predicted octanol–water partition coefficient (Wildman–Crippen LogP) is 3.00. The van der Waals surface area contributed by atoms with E-state index in [1.807, 2.05) is 24.3 Å². The Hall–Kier alpha value is -2.51. The number of hydrogen-bond donors (Lipinski definition) is 0. The second kappa shape index (κ2) is 5.50. The van der Waals surface area contributed by atoms with Crippen LogP contribution in [0.4, 0.5) is 0 Å². The molecule has 1 aromatic carbocycles. The number of thiophene rings is 1. The maximum atomic E-state index is 5.32. The fraction of sp³-hybridized carbons (Fsp3) is 0.278. The molecule has 0 amide bonds. The molecule has 5 rings (SSSR count). The summed E-state index contributed by atoms with van der Waals surface area (Å²) in [5.41, 5.74) is 3.23. The van der Waals surface area contributed by atoms with Gasteiger partial charge in [0, 0.05) is 23.5 Å². The molecule has 0 aliphatic carbocycles. The van der Waals surface area contributed by atoms with Crippen molar-refractivity contribution in [2.45, 2.75) is 13.0 Å². The van der Waals surface area contributed by atoms with Gasteiger partial charge < -0.3 is 9.64 Å². The van der Waals surface area contributed by atoms with Crippen molar-refractivity contribution in [2.75, 3.05) is 20.7 Å². The van der Waals surface area contributed by atoms with E-state index in [-0.39, 0.29) is 0 Å². The van der Waals surface area contributed by atoms with Crippen LogP contribution in [0.2, 0.25) is 0 Å². The molecule has 4 heterocycles. The minimum atomic E-state index is 0.695. The molecule has 6 nitrogen and oxygen atoms in total. The lowest BCUT2D eigenvalue weighted by Gasteiger charge is -2.21. The van der Waals surface area contributed by atoms with Crippen LogP contribution in [0.5, 0.6) is 5.75 Å². The van der Waals surface area contributed by atoms with Crippen molar-refractivity contribution in [1.29, 1.82) is 0 Å². The summed E-state index contributed by atoms with van der Waals surface area (Å²) >= 11 is 1.78. The van der Waals surface area contributed by atoms with E-state index >= 15 is 0 Å². The second-order valence-electron chi connectivity index (χ2n) is 6.35. The summed E-state index contributed by atoms with van der Waals surface area (Å²) in [5, 5.41) is 5.80. The number of aromatic nitrogens is 4. The van der Waals surface area contributed by atoms with Crippen LogP contribution < -0.4 is 4.74 Å². The molecule has 1 aliphatic rings. The molecule has 0 saturated carbocycles. The van der Waals surface area contributed by atoms with Crippen LogP contribution >= 0.6 is 11.3 Å². The number of methoxy groups -OCH3 is 1. The Labute approximate surface area is 148 Å². The summed E-state index contributed by atoms with van der Waals surface area (Å²) in [7, 11) is 3.83. The highest BCUT2D eigenvalue weighted by atomic mass is 32.1. The smallest absolute Gasteiger partial charge is 0.182 e. The zero-order chi connectivity index (χ0) is 17.0. The number of nitrogens with zero attached hydrogens (tertiary/aromatic N) is 5. The number of hydrogen-bond acceptors (Lipinski definition) is 6. The average molecular weight is 351 g/mol. The van der Waals surface area contributed by atoms with Gasteiger partial charge in [0.1, 0.15) is 16.9 Å². The van der Waals surface area contributed by atoms with Crippen molar-refractivity contribution in [3.8, 4) is 17.1 Å². The summed E-state index contributed by atoms with van der Waals surface area (Å²) < 4.78 is 7.11. The number of fused-ring (bicyclic) bond motifs is 5. The Morgan fingerprint density at radius 3 is 3.08 bits per heavy atom. The summed E-state index contributed by atoms with van der Waals surface area (Å²) in [5.74, 6) is 1.50. The minimum absolute atomic E-state index is 0.695. The van der Waals surface area contributed by atoms with E-state index in [0.717, 1.165) is 46.7 Å². The first-order chi connectivity index (χ1) is 12.2. The molecule has 0 radical (unpaired) electrons. The van der Waals surface area contributed by atoms with E-state index in [2.05, 4.69) is 22.0 Å². The molecule has 25 heavy (non-hydrogen) atoms. The highest BCUT2D eigenvalue weighted by Gasteiger charge is 2.22. The lowest BCUT2D eigenvalue weighted by atomic mass is 10.1. The quantitative estimate of drug-likeness (QED) is 0.556. The maximum absolute atomic E-state index is 5.32. The first-order valence-corrected chi connectivity index (χ1v) is 9.03. The van der Waals surface area contributed by atoms with Crippen LogP contribution in [-0.4, -0.2) is 45.2 Å². The zero-order valence-corrected chi connectivity index (χ0v) is 14.9. The molecule has 1 aliphatic heterocycles. The third kappa shape index (κ3) is 2.31. The summed E-state index contributed by atoms with van der Waals surface area (Å²) in [4.78, 5) is 14.3. The molecule has 7 heteroatoms. The third-order valence-corrected chi connectivity index (χ3v) is 5.82. The van der Waals surface area contributed by atoms with E-state index in [4.69, 9.17) is 9.72 Å². The van der Waals surface area contributed by atoms with Gasteiger partial charge in [-0.1, -0.05) is 12.1 Å².